The Kier molecular flexibility index (Phi) is 3.00. The second-order valence-electron chi connectivity index (χ2n) is 5.57. The number of aromatic nitrogens is 1. The number of nitriles is 1. The number of thiocarbonyl (C=S) groups is 1. The van der Waals surface area contributed by atoms with E-state index in [0.29, 0.717) is 17.1 Å². The van der Waals surface area contributed by atoms with Crippen molar-refractivity contribution in [3.8, 4) is 6.07 Å². The third kappa shape index (κ3) is 2.11. The van der Waals surface area contributed by atoms with Crippen LogP contribution in [-0.4, -0.2) is 22.1 Å². The van der Waals surface area contributed by atoms with Crippen LogP contribution in [0.25, 0.3) is 0 Å². The highest BCUT2D eigenvalue weighted by Gasteiger charge is 2.45. The number of rotatable bonds is 2. The fraction of sp³-hybridized carbons (Fsp3) is 0.500. The molecule has 3 rings (SSSR count). The van der Waals surface area contributed by atoms with Crippen LogP contribution >= 0.6 is 12.2 Å². The molecule has 1 aromatic heterocycles. The molecular weight excluding hydrogens is 256 g/mol. The van der Waals surface area contributed by atoms with Gasteiger partial charge in [0.2, 0.25) is 0 Å². The number of nitrogens with one attached hydrogen (secondary N) is 1. The molecule has 0 aliphatic carbocycles. The fourth-order valence-electron chi connectivity index (χ4n) is 3.38. The molecule has 3 atom stereocenters. The van der Waals surface area contributed by atoms with Crippen molar-refractivity contribution in [2.45, 2.75) is 43.2 Å². The minimum Gasteiger partial charge on any atom is -0.389 e. The molecule has 2 aliphatic rings. The van der Waals surface area contributed by atoms with Crippen molar-refractivity contribution in [3.05, 3.63) is 29.6 Å². The molecule has 0 saturated carbocycles. The summed E-state index contributed by atoms with van der Waals surface area (Å²) in [5, 5.41) is 13.3. The van der Waals surface area contributed by atoms with Gasteiger partial charge in [-0.15, -0.1) is 0 Å². The molecule has 5 heteroatoms. The number of nitrogens with two attached hydrogens (primary N) is 1. The van der Waals surface area contributed by atoms with Crippen LogP contribution in [0.2, 0.25) is 0 Å². The summed E-state index contributed by atoms with van der Waals surface area (Å²) < 4.78 is 0. The van der Waals surface area contributed by atoms with Gasteiger partial charge in [-0.25, -0.2) is 0 Å². The summed E-state index contributed by atoms with van der Waals surface area (Å²) in [7, 11) is 0. The zero-order valence-corrected chi connectivity index (χ0v) is 11.4. The van der Waals surface area contributed by atoms with E-state index in [1.165, 1.54) is 0 Å². The number of hydrogen-bond acceptors (Lipinski definition) is 4. The van der Waals surface area contributed by atoms with E-state index in [9.17, 15) is 5.26 Å². The van der Waals surface area contributed by atoms with Crippen LogP contribution in [-0.2, 0) is 5.41 Å². The quantitative estimate of drug-likeness (QED) is 0.796. The molecule has 98 valence electrons. The number of fused-ring (bicyclic) bond motifs is 2. The molecule has 4 nitrogen and oxygen atoms in total. The first kappa shape index (κ1) is 12.5. The largest absolute Gasteiger partial charge is 0.389 e. The lowest BCUT2D eigenvalue weighted by atomic mass is 9.72. The number of pyridine rings is 1. The van der Waals surface area contributed by atoms with Gasteiger partial charge in [-0.1, -0.05) is 12.2 Å². The molecule has 0 amide bonds. The zero-order valence-electron chi connectivity index (χ0n) is 10.6. The molecule has 0 unspecified atom stereocenters. The molecule has 2 aliphatic heterocycles. The van der Waals surface area contributed by atoms with E-state index in [2.05, 4.69) is 16.4 Å². The SMILES string of the molecule is N#C[C@]1(c2cncc(C(N)=S)c2)C[C@H]2CC[C@@H](C1)N2. The summed E-state index contributed by atoms with van der Waals surface area (Å²) in [5.41, 5.74) is 6.92. The zero-order chi connectivity index (χ0) is 13.5. The lowest BCUT2D eigenvalue weighted by molar-refractivity contribution is 0.304. The van der Waals surface area contributed by atoms with Gasteiger partial charge in [0.25, 0.3) is 0 Å². The molecule has 3 N–H and O–H groups in total. The first-order chi connectivity index (χ1) is 9.13. The average molecular weight is 272 g/mol. The van der Waals surface area contributed by atoms with E-state index >= 15 is 0 Å². The first-order valence-electron chi connectivity index (χ1n) is 6.55. The number of piperidine rings is 1. The van der Waals surface area contributed by atoms with Gasteiger partial charge in [0.15, 0.2) is 0 Å². The van der Waals surface area contributed by atoms with Crippen LogP contribution in [0, 0.1) is 11.3 Å². The molecule has 2 bridgehead atoms. The Balaban J connectivity index is 2.01. The Morgan fingerprint density at radius 2 is 2.11 bits per heavy atom. The highest BCUT2D eigenvalue weighted by Crippen LogP contribution is 2.42. The number of hydrogen-bond donors (Lipinski definition) is 2. The van der Waals surface area contributed by atoms with E-state index < -0.39 is 5.41 Å². The van der Waals surface area contributed by atoms with E-state index in [4.69, 9.17) is 18.0 Å². The van der Waals surface area contributed by atoms with Gasteiger partial charge in [0.05, 0.1) is 11.5 Å². The highest BCUT2D eigenvalue weighted by atomic mass is 32.1. The standard InChI is InChI=1S/C14H16N4S/c15-8-14(4-11-1-2-12(5-14)18-11)10-3-9(13(16)19)6-17-7-10/h3,6-7,11-12,18H,1-2,4-5H2,(H2,16,19)/t11-,12+,14+. The third-order valence-electron chi connectivity index (χ3n) is 4.31. The molecule has 0 aromatic carbocycles. The van der Waals surface area contributed by atoms with E-state index in [1.807, 2.05) is 6.07 Å². The second kappa shape index (κ2) is 4.55. The predicted octanol–water partition coefficient (Wildman–Crippen LogP) is 1.39. The van der Waals surface area contributed by atoms with Crippen molar-refractivity contribution < 1.29 is 0 Å². The average Bonchev–Trinajstić information content (AvgIpc) is 2.78. The van der Waals surface area contributed by atoms with Crippen molar-refractivity contribution in [1.29, 1.82) is 5.26 Å². The van der Waals surface area contributed by atoms with Crippen molar-refractivity contribution in [2.24, 2.45) is 5.73 Å². The van der Waals surface area contributed by atoms with Gasteiger partial charge in [-0.2, -0.15) is 5.26 Å². The lowest BCUT2D eigenvalue weighted by Crippen LogP contribution is -2.46. The Morgan fingerprint density at radius 3 is 2.68 bits per heavy atom. The summed E-state index contributed by atoms with van der Waals surface area (Å²) in [4.78, 5) is 4.54. The second-order valence-corrected chi connectivity index (χ2v) is 6.01. The van der Waals surface area contributed by atoms with Crippen LogP contribution in [0.5, 0.6) is 0 Å². The predicted molar refractivity (Wildman–Crippen MR) is 76.6 cm³/mol. The van der Waals surface area contributed by atoms with Gasteiger partial charge in [-0.3, -0.25) is 4.98 Å². The molecule has 2 fully saturated rings. The maximum Gasteiger partial charge on any atom is 0.105 e. The maximum absolute atomic E-state index is 9.72. The van der Waals surface area contributed by atoms with Crippen LogP contribution in [0.1, 0.15) is 36.8 Å². The molecule has 19 heavy (non-hydrogen) atoms. The van der Waals surface area contributed by atoms with Crippen LogP contribution < -0.4 is 11.1 Å². The molecule has 1 aromatic rings. The van der Waals surface area contributed by atoms with Gasteiger partial charge in [0, 0.05) is 30.0 Å². The summed E-state index contributed by atoms with van der Waals surface area (Å²) in [6.07, 6.45) is 7.47. The van der Waals surface area contributed by atoms with E-state index in [-0.39, 0.29) is 0 Å². The minimum absolute atomic E-state index is 0.333. The fourth-order valence-corrected chi connectivity index (χ4v) is 3.49. The Bertz CT molecular complexity index is 551. The van der Waals surface area contributed by atoms with Crippen LogP contribution in [0.3, 0.4) is 0 Å². The Labute approximate surface area is 118 Å². The van der Waals surface area contributed by atoms with Crippen molar-refractivity contribution >= 4 is 17.2 Å². The number of nitrogens with zero attached hydrogens (tertiary/aromatic N) is 2. The van der Waals surface area contributed by atoms with Gasteiger partial charge in [-0.05, 0) is 37.3 Å². The Hall–Kier alpha value is -1.51. The summed E-state index contributed by atoms with van der Waals surface area (Å²) >= 11 is 5.00. The van der Waals surface area contributed by atoms with Gasteiger partial charge < -0.3 is 11.1 Å². The van der Waals surface area contributed by atoms with Gasteiger partial charge >= 0.3 is 0 Å². The minimum atomic E-state index is -0.440. The topological polar surface area (TPSA) is 74.7 Å². The van der Waals surface area contributed by atoms with Crippen LogP contribution in [0.15, 0.2) is 18.5 Å². The smallest absolute Gasteiger partial charge is 0.105 e. The summed E-state index contributed by atoms with van der Waals surface area (Å²) in [5.74, 6) is 0. The molecule has 2 saturated heterocycles. The molecule has 0 spiro atoms. The third-order valence-corrected chi connectivity index (χ3v) is 4.55. The van der Waals surface area contributed by atoms with E-state index in [0.717, 1.165) is 36.8 Å². The molecule has 3 heterocycles. The monoisotopic (exact) mass is 272 g/mol. The first-order valence-corrected chi connectivity index (χ1v) is 6.96. The van der Waals surface area contributed by atoms with Crippen molar-refractivity contribution in [2.75, 3.05) is 0 Å². The molecule has 0 radical (unpaired) electrons. The summed E-state index contributed by atoms with van der Waals surface area (Å²) in [6, 6.07) is 5.37. The van der Waals surface area contributed by atoms with E-state index in [1.54, 1.807) is 12.4 Å². The van der Waals surface area contributed by atoms with Crippen LogP contribution in [0.4, 0.5) is 0 Å². The Morgan fingerprint density at radius 1 is 1.42 bits per heavy atom. The van der Waals surface area contributed by atoms with Gasteiger partial charge in [0.1, 0.15) is 4.99 Å². The lowest BCUT2D eigenvalue weighted by Gasteiger charge is -2.36. The van der Waals surface area contributed by atoms with Crippen molar-refractivity contribution in [1.82, 2.24) is 10.3 Å². The summed E-state index contributed by atoms with van der Waals surface area (Å²) in [6.45, 7) is 0. The maximum atomic E-state index is 9.72. The normalized spacial score (nSPS) is 32.8. The van der Waals surface area contributed by atoms with Crippen molar-refractivity contribution in [3.63, 3.8) is 0 Å². The molecular formula is C14H16N4S. The highest BCUT2D eigenvalue weighted by molar-refractivity contribution is 7.80.